The van der Waals surface area contributed by atoms with E-state index >= 15 is 0 Å². The molecule has 2 rings (SSSR count). The highest BCUT2D eigenvalue weighted by Crippen LogP contribution is 2.20. The van der Waals surface area contributed by atoms with Gasteiger partial charge in [0.25, 0.3) is 0 Å². The van der Waals surface area contributed by atoms with Crippen LogP contribution in [0.1, 0.15) is 12.0 Å². The number of nitrogens with one attached hydrogen (secondary N) is 1. The molecule has 2 N–H and O–H groups in total. The minimum absolute atomic E-state index is 0.195. The molecule has 1 saturated heterocycles. The van der Waals surface area contributed by atoms with Crippen molar-refractivity contribution in [2.24, 2.45) is 0 Å². The lowest BCUT2D eigenvalue weighted by atomic mass is 10.1. The summed E-state index contributed by atoms with van der Waals surface area (Å²) in [4.78, 5) is 2.27. The second-order valence-electron chi connectivity index (χ2n) is 4.23. The predicted molar refractivity (Wildman–Crippen MR) is 66.9 cm³/mol. The zero-order chi connectivity index (χ0) is 12.1. The van der Waals surface area contributed by atoms with Crippen LogP contribution in [-0.4, -0.2) is 37.4 Å². The van der Waals surface area contributed by atoms with Crippen molar-refractivity contribution in [3.63, 3.8) is 0 Å². The van der Waals surface area contributed by atoms with E-state index in [1.54, 1.807) is 0 Å². The van der Waals surface area contributed by atoms with Crippen LogP contribution in [-0.2, 0) is 0 Å². The first kappa shape index (κ1) is 11.9. The van der Waals surface area contributed by atoms with Crippen LogP contribution in [0, 0.1) is 11.3 Å². The first-order chi connectivity index (χ1) is 8.35. The van der Waals surface area contributed by atoms with Gasteiger partial charge in [0.2, 0.25) is 0 Å². The zero-order valence-electron chi connectivity index (χ0n) is 9.76. The standard InChI is InChI=1S/C13H17N3O/c14-9-11-2-1-3-12(8-11)16-6-5-15-10-13(16)4-7-17/h1-3,8,13,15,17H,4-7,10H2. The van der Waals surface area contributed by atoms with Crippen LogP contribution in [0.15, 0.2) is 24.3 Å². The van der Waals surface area contributed by atoms with Crippen molar-refractivity contribution in [2.75, 3.05) is 31.1 Å². The first-order valence-corrected chi connectivity index (χ1v) is 5.93. The predicted octanol–water partition coefficient (Wildman–Crippen LogP) is 0.719. The number of piperazine rings is 1. The maximum atomic E-state index is 9.08. The zero-order valence-corrected chi connectivity index (χ0v) is 9.76. The van der Waals surface area contributed by atoms with E-state index in [1.165, 1.54) is 0 Å². The number of nitrogens with zero attached hydrogens (tertiary/aromatic N) is 2. The van der Waals surface area contributed by atoms with E-state index in [1.807, 2.05) is 24.3 Å². The molecule has 1 aromatic carbocycles. The Morgan fingerprint density at radius 1 is 1.53 bits per heavy atom. The maximum Gasteiger partial charge on any atom is 0.0992 e. The van der Waals surface area contributed by atoms with Crippen LogP contribution in [0.3, 0.4) is 0 Å². The molecule has 0 saturated carbocycles. The second kappa shape index (κ2) is 5.67. The molecule has 0 spiro atoms. The molecule has 4 nitrogen and oxygen atoms in total. The SMILES string of the molecule is N#Cc1cccc(N2CCNCC2CCO)c1. The fraction of sp³-hybridized carbons (Fsp3) is 0.462. The van der Waals surface area contributed by atoms with E-state index in [4.69, 9.17) is 10.4 Å². The van der Waals surface area contributed by atoms with Gasteiger partial charge in [-0.2, -0.15) is 5.26 Å². The third-order valence-corrected chi connectivity index (χ3v) is 3.12. The van der Waals surface area contributed by atoms with Crippen molar-refractivity contribution in [1.82, 2.24) is 5.32 Å². The third kappa shape index (κ3) is 2.76. The smallest absolute Gasteiger partial charge is 0.0992 e. The normalized spacial score (nSPS) is 20.0. The van der Waals surface area contributed by atoms with Crippen molar-refractivity contribution in [2.45, 2.75) is 12.5 Å². The number of aliphatic hydroxyl groups excluding tert-OH is 1. The van der Waals surface area contributed by atoms with Gasteiger partial charge in [-0.15, -0.1) is 0 Å². The Kier molecular flexibility index (Phi) is 3.97. The second-order valence-corrected chi connectivity index (χ2v) is 4.23. The molecule has 0 bridgehead atoms. The van der Waals surface area contributed by atoms with E-state index in [0.29, 0.717) is 11.6 Å². The highest BCUT2D eigenvalue weighted by molar-refractivity contribution is 5.52. The molecule has 1 fully saturated rings. The lowest BCUT2D eigenvalue weighted by Gasteiger charge is -2.38. The number of aliphatic hydroxyl groups is 1. The summed E-state index contributed by atoms with van der Waals surface area (Å²) in [6.07, 6.45) is 0.754. The Hall–Kier alpha value is -1.57. The molecule has 1 atom stereocenters. The topological polar surface area (TPSA) is 59.3 Å². The van der Waals surface area contributed by atoms with Gasteiger partial charge in [-0.05, 0) is 24.6 Å². The molecule has 0 aliphatic carbocycles. The van der Waals surface area contributed by atoms with Gasteiger partial charge in [-0.25, -0.2) is 0 Å². The van der Waals surface area contributed by atoms with Gasteiger partial charge in [-0.1, -0.05) is 6.07 Å². The number of benzene rings is 1. The monoisotopic (exact) mass is 231 g/mol. The highest BCUT2D eigenvalue weighted by atomic mass is 16.3. The molecular weight excluding hydrogens is 214 g/mol. The quantitative estimate of drug-likeness (QED) is 0.804. The number of anilines is 1. The lowest BCUT2D eigenvalue weighted by molar-refractivity contribution is 0.266. The van der Waals surface area contributed by atoms with E-state index in [-0.39, 0.29) is 6.61 Å². The Balaban J connectivity index is 2.20. The summed E-state index contributed by atoms with van der Waals surface area (Å²) < 4.78 is 0. The van der Waals surface area contributed by atoms with Crippen LogP contribution < -0.4 is 10.2 Å². The van der Waals surface area contributed by atoms with E-state index in [2.05, 4.69) is 16.3 Å². The molecule has 0 amide bonds. The Morgan fingerprint density at radius 2 is 2.41 bits per heavy atom. The van der Waals surface area contributed by atoms with Gasteiger partial charge in [0.1, 0.15) is 0 Å². The Morgan fingerprint density at radius 3 is 3.18 bits per heavy atom. The molecule has 1 unspecified atom stereocenters. The maximum absolute atomic E-state index is 9.08. The van der Waals surface area contributed by atoms with E-state index in [9.17, 15) is 0 Å². The largest absolute Gasteiger partial charge is 0.396 e. The van der Waals surface area contributed by atoms with Gasteiger partial charge < -0.3 is 15.3 Å². The number of nitriles is 1. The number of hydrogen-bond donors (Lipinski definition) is 2. The highest BCUT2D eigenvalue weighted by Gasteiger charge is 2.21. The first-order valence-electron chi connectivity index (χ1n) is 5.93. The molecule has 0 radical (unpaired) electrons. The van der Waals surface area contributed by atoms with Crippen molar-refractivity contribution in [3.8, 4) is 6.07 Å². The summed E-state index contributed by atoms with van der Waals surface area (Å²) >= 11 is 0. The van der Waals surface area contributed by atoms with Crippen LogP contribution in [0.2, 0.25) is 0 Å². The molecule has 0 aromatic heterocycles. The molecule has 17 heavy (non-hydrogen) atoms. The van der Waals surface area contributed by atoms with Crippen LogP contribution in [0.25, 0.3) is 0 Å². The number of rotatable bonds is 3. The van der Waals surface area contributed by atoms with E-state index in [0.717, 1.165) is 31.7 Å². The van der Waals surface area contributed by atoms with Crippen molar-refractivity contribution in [3.05, 3.63) is 29.8 Å². The summed E-state index contributed by atoms with van der Waals surface area (Å²) in [6.45, 7) is 2.94. The summed E-state index contributed by atoms with van der Waals surface area (Å²) in [5, 5.41) is 21.3. The van der Waals surface area contributed by atoms with Gasteiger partial charge in [0.05, 0.1) is 11.6 Å². The van der Waals surface area contributed by atoms with Crippen LogP contribution in [0.5, 0.6) is 0 Å². The molecule has 1 aromatic rings. The minimum atomic E-state index is 0.195. The average Bonchev–Trinajstić information content (AvgIpc) is 2.40. The fourth-order valence-electron chi connectivity index (χ4n) is 2.26. The molecule has 1 heterocycles. The van der Waals surface area contributed by atoms with Crippen LogP contribution in [0.4, 0.5) is 5.69 Å². The van der Waals surface area contributed by atoms with Crippen molar-refractivity contribution >= 4 is 5.69 Å². The van der Waals surface area contributed by atoms with Gasteiger partial charge in [0, 0.05) is 38.0 Å². The molecule has 4 heteroatoms. The molecule has 90 valence electrons. The molecular formula is C13H17N3O. The van der Waals surface area contributed by atoms with E-state index < -0.39 is 0 Å². The van der Waals surface area contributed by atoms with Crippen molar-refractivity contribution < 1.29 is 5.11 Å². The average molecular weight is 231 g/mol. The third-order valence-electron chi connectivity index (χ3n) is 3.12. The van der Waals surface area contributed by atoms with Gasteiger partial charge in [-0.3, -0.25) is 0 Å². The fourth-order valence-corrected chi connectivity index (χ4v) is 2.26. The van der Waals surface area contributed by atoms with Crippen LogP contribution >= 0.6 is 0 Å². The summed E-state index contributed by atoms with van der Waals surface area (Å²) in [5.74, 6) is 0. The summed E-state index contributed by atoms with van der Waals surface area (Å²) in [6, 6.07) is 10.1. The lowest BCUT2D eigenvalue weighted by Crippen LogP contribution is -2.51. The van der Waals surface area contributed by atoms with Gasteiger partial charge >= 0.3 is 0 Å². The minimum Gasteiger partial charge on any atom is -0.396 e. The summed E-state index contributed by atoms with van der Waals surface area (Å²) in [5.41, 5.74) is 1.76. The van der Waals surface area contributed by atoms with Crippen molar-refractivity contribution in [1.29, 1.82) is 5.26 Å². The summed E-state index contributed by atoms with van der Waals surface area (Å²) in [7, 11) is 0. The van der Waals surface area contributed by atoms with Gasteiger partial charge in [0.15, 0.2) is 0 Å². The molecule has 1 aliphatic heterocycles. The Bertz CT molecular complexity index is 411. The Labute approximate surface area is 101 Å². The molecule has 1 aliphatic rings. The number of hydrogen-bond acceptors (Lipinski definition) is 4.